The molecule has 0 saturated heterocycles. The molecule has 2 aromatic rings. The molecule has 76 valence electrons. The third-order valence-electron chi connectivity index (χ3n) is 1.94. The molecule has 15 heavy (non-hydrogen) atoms. The van der Waals surface area contributed by atoms with Crippen LogP contribution < -0.4 is 0 Å². The number of nitrogens with zero attached hydrogens (tertiary/aromatic N) is 4. The second-order valence-electron chi connectivity index (χ2n) is 3.25. The summed E-state index contributed by atoms with van der Waals surface area (Å²) in [4.78, 5) is 0. The van der Waals surface area contributed by atoms with Crippen LogP contribution in [0.15, 0.2) is 22.7 Å². The first kappa shape index (κ1) is 10.2. The van der Waals surface area contributed by atoms with Crippen molar-refractivity contribution < 1.29 is 0 Å². The Morgan fingerprint density at radius 1 is 1.00 bits per heavy atom. The van der Waals surface area contributed by atoms with Crippen molar-refractivity contribution in [3.05, 3.63) is 34.1 Å². The van der Waals surface area contributed by atoms with Crippen molar-refractivity contribution in [3.63, 3.8) is 0 Å². The summed E-state index contributed by atoms with van der Waals surface area (Å²) in [6.07, 6.45) is 0. The van der Waals surface area contributed by atoms with Crippen LogP contribution in [0.25, 0.3) is 11.4 Å². The molecule has 0 fully saturated rings. The minimum atomic E-state index is 0.538. The van der Waals surface area contributed by atoms with Crippen molar-refractivity contribution in [2.24, 2.45) is 0 Å². The maximum Gasteiger partial charge on any atom is 0.204 e. The predicted molar refractivity (Wildman–Crippen MR) is 60.2 cm³/mol. The van der Waals surface area contributed by atoms with Crippen molar-refractivity contribution in [2.75, 3.05) is 0 Å². The van der Waals surface area contributed by atoms with Crippen LogP contribution in [-0.2, 0) is 0 Å². The third kappa shape index (κ3) is 2.18. The molecule has 0 N–H and O–H groups in total. The van der Waals surface area contributed by atoms with Crippen molar-refractivity contribution >= 4 is 15.9 Å². The second-order valence-corrected chi connectivity index (χ2v) is 4.11. The normalized spacial score (nSPS) is 10.3. The van der Waals surface area contributed by atoms with Crippen LogP contribution in [0, 0.1) is 13.8 Å². The summed E-state index contributed by atoms with van der Waals surface area (Å²) in [5.41, 5.74) is 2.06. The van der Waals surface area contributed by atoms with E-state index in [0.717, 1.165) is 15.6 Å². The lowest BCUT2D eigenvalue weighted by molar-refractivity contribution is 0.815. The van der Waals surface area contributed by atoms with Crippen LogP contribution in [0.2, 0.25) is 0 Å². The Kier molecular flexibility index (Phi) is 2.73. The maximum absolute atomic E-state index is 4.00. The molecular weight excluding hydrogens is 256 g/mol. The van der Waals surface area contributed by atoms with Crippen molar-refractivity contribution in [3.8, 4) is 11.4 Å². The monoisotopic (exact) mass is 264 g/mol. The fourth-order valence-electron chi connectivity index (χ4n) is 1.20. The highest BCUT2D eigenvalue weighted by molar-refractivity contribution is 9.10. The molecule has 0 aliphatic heterocycles. The van der Waals surface area contributed by atoms with Gasteiger partial charge in [-0.2, -0.15) is 0 Å². The minimum absolute atomic E-state index is 0.538. The van der Waals surface area contributed by atoms with Gasteiger partial charge in [0.2, 0.25) is 5.82 Å². The molecule has 2 rings (SSSR count). The Labute approximate surface area is 95.9 Å². The number of aryl methyl sites for hydroxylation is 2. The van der Waals surface area contributed by atoms with E-state index in [-0.39, 0.29) is 0 Å². The zero-order chi connectivity index (χ0) is 10.8. The van der Waals surface area contributed by atoms with Gasteiger partial charge < -0.3 is 0 Å². The van der Waals surface area contributed by atoms with E-state index in [0.29, 0.717) is 11.6 Å². The molecule has 0 radical (unpaired) electrons. The lowest BCUT2D eigenvalue weighted by Crippen LogP contribution is -1.99. The van der Waals surface area contributed by atoms with Gasteiger partial charge in [0.1, 0.15) is 0 Å². The lowest BCUT2D eigenvalue weighted by Gasteiger charge is -2.02. The molecule has 0 bridgehead atoms. The SMILES string of the molecule is Cc1ccc(Br)c(-c2nnc(C)nn2)c1. The number of benzene rings is 1. The molecule has 5 heteroatoms. The Morgan fingerprint density at radius 3 is 2.33 bits per heavy atom. The minimum Gasteiger partial charge on any atom is -0.131 e. The highest BCUT2D eigenvalue weighted by atomic mass is 79.9. The number of rotatable bonds is 1. The number of aromatic nitrogens is 4. The van der Waals surface area contributed by atoms with E-state index < -0.39 is 0 Å². The molecule has 1 heterocycles. The molecule has 0 amide bonds. The molecule has 0 saturated carbocycles. The second kappa shape index (κ2) is 4.02. The first-order valence-electron chi connectivity index (χ1n) is 4.47. The van der Waals surface area contributed by atoms with Crippen LogP contribution in [0.4, 0.5) is 0 Å². The molecular formula is C10H9BrN4. The maximum atomic E-state index is 4.00. The summed E-state index contributed by atoms with van der Waals surface area (Å²) < 4.78 is 0.945. The van der Waals surface area contributed by atoms with Gasteiger partial charge in [0, 0.05) is 10.0 Å². The van der Waals surface area contributed by atoms with Gasteiger partial charge in [-0.25, -0.2) is 0 Å². The van der Waals surface area contributed by atoms with E-state index in [1.54, 1.807) is 6.92 Å². The lowest BCUT2D eigenvalue weighted by atomic mass is 10.1. The Hall–Kier alpha value is -1.36. The third-order valence-corrected chi connectivity index (χ3v) is 2.63. The summed E-state index contributed by atoms with van der Waals surface area (Å²) in [6.45, 7) is 3.78. The zero-order valence-electron chi connectivity index (χ0n) is 8.40. The highest BCUT2D eigenvalue weighted by Crippen LogP contribution is 2.25. The van der Waals surface area contributed by atoms with E-state index in [9.17, 15) is 0 Å². The molecule has 0 atom stereocenters. The van der Waals surface area contributed by atoms with Crippen LogP contribution in [-0.4, -0.2) is 20.4 Å². The molecule has 1 aromatic heterocycles. The Morgan fingerprint density at radius 2 is 1.67 bits per heavy atom. The number of hydrogen-bond acceptors (Lipinski definition) is 4. The molecule has 0 aliphatic carbocycles. The molecule has 0 spiro atoms. The molecule has 0 unspecified atom stereocenters. The highest BCUT2D eigenvalue weighted by Gasteiger charge is 2.07. The zero-order valence-corrected chi connectivity index (χ0v) is 9.98. The average Bonchev–Trinajstić information content (AvgIpc) is 2.23. The predicted octanol–water partition coefficient (Wildman–Crippen LogP) is 2.31. The molecule has 4 nitrogen and oxygen atoms in total. The largest absolute Gasteiger partial charge is 0.204 e. The van der Waals surface area contributed by atoms with Gasteiger partial charge in [-0.05, 0) is 26.0 Å². The van der Waals surface area contributed by atoms with Gasteiger partial charge in [0.25, 0.3) is 0 Å². The van der Waals surface area contributed by atoms with Crippen LogP contribution in [0.1, 0.15) is 11.4 Å². The van der Waals surface area contributed by atoms with Crippen molar-refractivity contribution in [1.82, 2.24) is 20.4 Å². The van der Waals surface area contributed by atoms with Gasteiger partial charge in [-0.15, -0.1) is 20.4 Å². The van der Waals surface area contributed by atoms with Gasteiger partial charge in [-0.1, -0.05) is 27.6 Å². The quantitative estimate of drug-likeness (QED) is 0.793. The first-order valence-corrected chi connectivity index (χ1v) is 5.26. The van der Waals surface area contributed by atoms with Gasteiger partial charge in [0.15, 0.2) is 5.82 Å². The van der Waals surface area contributed by atoms with Crippen LogP contribution >= 0.6 is 15.9 Å². The fraction of sp³-hybridized carbons (Fsp3) is 0.200. The van der Waals surface area contributed by atoms with Gasteiger partial charge >= 0.3 is 0 Å². The van der Waals surface area contributed by atoms with E-state index in [2.05, 4.69) is 36.3 Å². The summed E-state index contributed by atoms with van der Waals surface area (Å²) in [5.74, 6) is 1.11. The van der Waals surface area contributed by atoms with Gasteiger partial charge in [-0.3, -0.25) is 0 Å². The summed E-state index contributed by atoms with van der Waals surface area (Å²) in [7, 11) is 0. The van der Waals surface area contributed by atoms with E-state index in [1.165, 1.54) is 0 Å². The summed E-state index contributed by atoms with van der Waals surface area (Å²) >= 11 is 3.45. The standard InChI is InChI=1S/C10H9BrN4/c1-6-3-4-9(11)8(5-6)10-14-12-7(2)13-15-10/h3-5H,1-2H3. The average molecular weight is 265 g/mol. The Balaban J connectivity index is 2.53. The van der Waals surface area contributed by atoms with E-state index >= 15 is 0 Å². The van der Waals surface area contributed by atoms with Crippen LogP contribution in [0.3, 0.4) is 0 Å². The topological polar surface area (TPSA) is 51.6 Å². The summed E-state index contributed by atoms with van der Waals surface area (Å²) in [5, 5.41) is 15.8. The van der Waals surface area contributed by atoms with E-state index in [4.69, 9.17) is 0 Å². The van der Waals surface area contributed by atoms with Crippen molar-refractivity contribution in [1.29, 1.82) is 0 Å². The van der Waals surface area contributed by atoms with Crippen LogP contribution in [0.5, 0.6) is 0 Å². The molecule has 1 aromatic carbocycles. The smallest absolute Gasteiger partial charge is 0.131 e. The number of halogens is 1. The number of hydrogen-bond donors (Lipinski definition) is 0. The fourth-order valence-corrected chi connectivity index (χ4v) is 1.62. The summed E-state index contributed by atoms with van der Waals surface area (Å²) in [6, 6.07) is 5.98. The Bertz CT molecular complexity index is 481. The van der Waals surface area contributed by atoms with Gasteiger partial charge in [0.05, 0.1) is 0 Å². The van der Waals surface area contributed by atoms with Crippen molar-refractivity contribution in [2.45, 2.75) is 13.8 Å². The van der Waals surface area contributed by atoms with E-state index in [1.807, 2.05) is 25.1 Å². The first-order chi connectivity index (χ1) is 7.16. The molecule has 0 aliphatic rings.